The molecule has 0 saturated carbocycles. The van der Waals surface area contributed by atoms with Gasteiger partial charge in [-0.2, -0.15) is 4.98 Å². The molecular weight excluding hydrogens is 180 g/mol. The van der Waals surface area contributed by atoms with E-state index >= 15 is 0 Å². The third-order valence-electron chi connectivity index (χ3n) is 1.44. The lowest BCUT2D eigenvalue weighted by atomic mass is 10.2. The van der Waals surface area contributed by atoms with Crippen molar-refractivity contribution in [3.05, 3.63) is 30.4 Å². The first kappa shape index (κ1) is 7.78. The van der Waals surface area contributed by atoms with Crippen LogP contribution in [0.1, 0.15) is 0 Å². The van der Waals surface area contributed by atoms with Crippen LogP contribution in [0.25, 0.3) is 11.4 Å². The molecule has 0 N–H and O–H groups in total. The molecule has 0 amide bonds. The molecule has 0 aliphatic heterocycles. The molecular formula is C7H3F2N3O. The zero-order valence-electron chi connectivity index (χ0n) is 6.24. The lowest BCUT2D eigenvalue weighted by Gasteiger charge is -1.96. The molecule has 0 aliphatic carbocycles. The molecule has 0 aromatic carbocycles. The Morgan fingerprint density at radius 2 is 1.85 bits per heavy atom. The van der Waals surface area contributed by atoms with Gasteiger partial charge in [0.15, 0.2) is 11.6 Å². The molecule has 2 aromatic rings. The first-order valence-electron chi connectivity index (χ1n) is 3.35. The Bertz CT molecular complexity index is 395. The molecule has 0 unspecified atom stereocenters. The average Bonchev–Trinajstić information content (AvgIpc) is 2.57. The molecule has 2 heterocycles. The Morgan fingerprint density at radius 3 is 2.38 bits per heavy atom. The van der Waals surface area contributed by atoms with Crippen molar-refractivity contribution in [1.29, 1.82) is 0 Å². The van der Waals surface area contributed by atoms with Crippen LogP contribution in [-0.4, -0.2) is 15.1 Å². The average molecular weight is 183 g/mol. The smallest absolute Gasteiger partial charge is 0.214 e. The quantitative estimate of drug-likeness (QED) is 0.670. The van der Waals surface area contributed by atoms with Gasteiger partial charge in [0.05, 0.1) is 18.0 Å². The molecule has 2 aromatic heterocycles. The molecule has 13 heavy (non-hydrogen) atoms. The molecule has 0 radical (unpaired) electrons. The summed E-state index contributed by atoms with van der Waals surface area (Å²) in [5.41, 5.74) is -0.330. The number of hydrogen-bond donors (Lipinski definition) is 0. The van der Waals surface area contributed by atoms with Crippen molar-refractivity contribution >= 4 is 0 Å². The highest BCUT2D eigenvalue weighted by molar-refractivity contribution is 5.54. The fourth-order valence-electron chi connectivity index (χ4n) is 0.906. The van der Waals surface area contributed by atoms with Gasteiger partial charge in [-0.3, -0.25) is 4.98 Å². The highest BCUT2D eigenvalue weighted by atomic mass is 19.1. The number of rotatable bonds is 1. The van der Waals surface area contributed by atoms with Gasteiger partial charge in [-0.15, -0.1) is 0 Å². The number of hydrogen-bond acceptors (Lipinski definition) is 4. The summed E-state index contributed by atoms with van der Waals surface area (Å²) >= 11 is 0. The normalized spacial score (nSPS) is 10.3. The predicted molar refractivity (Wildman–Crippen MR) is 37.4 cm³/mol. The summed E-state index contributed by atoms with van der Waals surface area (Å²) in [5, 5.41) is 3.31. The van der Waals surface area contributed by atoms with E-state index in [4.69, 9.17) is 0 Å². The van der Waals surface area contributed by atoms with Gasteiger partial charge in [-0.25, -0.2) is 8.78 Å². The first-order valence-corrected chi connectivity index (χ1v) is 3.35. The van der Waals surface area contributed by atoms with Crippen LogP contribution < -0.4 is 0 Å². The Morgan fingerprint density at radius 1 is 1.15 bits per heavy atom. The minimum absolute atomic E-state index is 0.127. The molecule has 0 atom stereocenters. The van der Waals surface area contributed by atoms with Crippen molar-refractivity contribution in [2.45, 2.75) is 0 Å². The number of aromatic nitrogens is 3. The number of nitrogens with zero attached hydrogens (tertiary/aromatic N) is 3. The van der Waals surface area contributed by atoms with Crippen LogP contribution in [-0.2, 0) is 0 Å². The summed E-state index contributed by atoms with van der Waals surface area (Å²) in [7, 11) is 0. The van der Waals surface area contributed by atoms with Crippen LogP contribution in [0.3, 0.4) is 0 Å². The maximum absolute atomic E-state index is 13.0. The minimum atomic E-state index is -0.818. The largest absolute Gasteiger partial charge is 0.342 e. The zero-order valence-corrected chi connectivity index (χ0v) is 6.24. The lowest BCUT2D eigenvalue weighted by Crippen LogP contribution is -1.92. The van der Waals surface area contributed by atoms with Crippen LogP contribution >= 0.6 is 0 Å². The first-order chi connectivity index (χ1) is 6.29. The van der Waals surface area contributed by atoms with Gasteiger partial charge in [0.1, 0.15) is 0 Å². The Kier molecular flexibility index (Phi) is 1.73. The maximum atomic E-state index is 13.0. The standard InChI is InChI=1S/C7H3F2N3O/c8-4-1-10-2-5(9)6(4)7-11-3-13-12-7/h1-3H. The highest BCUT2D eigenvalue weighted by Crippen LogP contribution is 2.20. The van der Waals surface area contributed by atoms with Gasteiger partial charge < -0.3 is 4.52 Å². The van der Waals surface area contributed by atoms with Gasteiger partial charge >= 0.3 is 0 Å². The van der Waals surface area contributed by atoms with Gasteiger partial charge in [-0.05, 0) is 0 Å². The van der Waals surface area contributed by atoms with E-state index in [9.17, 15) is 8.78 Å². The summed E-state index contributed by atoms with van der Waals surface area (Å²) in [4.78, 5) is 6.84. The number of halogens is 2. The van der Waals surface area contributed by atoms with Crippen molar-refractivity contribution < 1.29 is 13.3 Å². The third-order valence-corrected chi connectivity index (χ3v) is 1.44. The van der Waals surface area contributed by atoms with Crippen LogP contribution in [0.4, 0.5) is 8.78 Å². The van der Waals surface area contributed by atoms with Gasteiger partial charge in [-0.1, -0.05) is 5.16 Å². The monoisotopic (exact) mass is 183 g/mol. The SMILES string of the molecule is Fc1cncc(F)c1-c1ncon1. The van der Waals surface area contributed by atoms with E-state index in [1.807, 2.05) is 0 Å². The van der Waals surface area contributed by atoms with Crippen molar-refractivity contribution in [3.8, 4) is 11.4 Å². The lowest BCUT2D eigenvalue weighted by molar-refractivity contribution is 0.418. The molecule has 0 aliphatic rings. The Hall–Kier alpha value is -1.85. The van der Waals surface area contributed by atoms with Crippen LogP contribution in [0.5, 0.6) is 0 Å². The van der Waals surface area contributed by atoms with E-state index in [0.717, 1.165) is 18.8 Å². The summed E-state index contributed by atoms with van der Waals surface area (Å²) in [6, 6.07) is 0. The Balaban J connectivity index is 2.64. The molecule has 0 saturated heterocycles. The zero-order chi connectivity index (χ0) is 9.26. The van der Waals surface area contributed by atoms with Crippen LogP contribution in [0.2, 0.25) is 0 Å². The van der Waals surface area contributed by atoms with Crippen LogP contribution in [0, 0.1) is 11.6 Å². The second-order valence-electron chi connectivity index (χ2n) is 2.23. The fraction of sp³-hybridized carbons (Fsp3) is 0. The predicted octanol–water partition coefficient (Wildman–Crippen LogP) is 1.41. The van der Waals surface area contributed by atoms with E-state index in [1.165, 1.54) is 0 Å². The molecule has 2 rings (SSSR count). The van der Waals surface area contributed by atoms with E-state index in [-0.39, 0.29) is 11.4 Å². The van der Waals surface area contributed by atoms with Crippen LogP contribution in [0.15, 0.2) is 23.3 Å². The molecule has 0 bridgehead atoms. The van der Waals surface area contributed by atoms with E-state index < -0.39 is 11.6 Å². The third kappa shape index (κ3) is 1.26. The van der Waals surface area contributed by atoms with Gasteiger partial charge in [0.25, 0.3) is 0 Å². The molecule has 66 valence electrons. The maximum Gasteiger partial charge on any atom is 0.214 e. The van der Waals surface area contributed by atoms with E-state index in [2.05, 4.69) is 19.6 Å². The van der Waals surface area contributed by atoms with E-state index in [1.54, 1.807) is 0 Å². The molecule has 0 fully saturated rings. The summed E-state index contributed by atoms with van der Waals surface area (Å²) < 4.78 is 30.3. The summed E-state index contributed by atoms with van der Waals surface area (Å²) in [6.07, 6.45) is 2.76. The van der Waals surface area contributed by atoms with Crippen molar-refractivity contribution in [2.24, 2.45) is 0 Å². The summed E-state index contributed by atoms with van der Waals surface area (Å²) in [5.74, 6) is -1.76. The fourth-order valence-corrected chi connectivity index (χ4v) is 0.906. The second kappa shape index (κ2) is 2.89. The molecule has 0 spiro atoms. The topological polar surface area (TPSA) is 51.8 Å². The molecule has 6 heteroatoms. The van der Waals surface area contributed by atoms with Gasteiger partial charge in [0, 0.05) is 0 Å². The van der Waals surface area contributed by atoms with E-state index in [0.29, 0.717) is 0 Å². The Labute approximate surface area is 71.2 Å². The van der Waals surface area contributed by atoms with Crippen molar-refractivity contribution in [3.63, 3.8) is 0 Å². The minimum Gasteiger partial charge on any atom is -0.342 e. The van der Waals surface area contributed by atoms with Crippen molar-refractivity contribution in [2.75, 3.05) is 0 Å². The highest BCUT2D eigenvalue weighted by Gasteiger charge is 2.15. The molecule has 4 nitrogen and oxygen atoms in total. The van der Waals surface area contributed by atoms with Crippen molar-refractivity contribution in [1.82, 2.24) is 15.1 Å². The second-order valence-corrected chi connectivity index (χ2v) is 2.23. The van der Waals surface area contributed by atoms with Gasteiger partial charge in [0.2, 0.25) is 12.2 Å². The number of pyridine rings is 1. The summed E-state index contributed by atoms with van der Waals surface area (Å²) in [6.45, 7) is 0.